The summed E-state index contributed by atoms with van der Waals surface area (Å²) in [6, 6.07) is 10.1. The molecule has 0 bridgehead atoms. The van der Waals surface area contributed by atoms with E-state index < -0.39 is 25.9 Å². The summed E-state index contributed by atoms with van der Waals surface area (Å²) in [5.74, 6) is -0.680. The predicted octanol–water partition coefficient (Wildman–Crippen LogP) is 2.66. The van der Waals surface area contributed by atoms with Crippen molar-refractivity contribution in [2.45, 2.75) is 23.6 Å². The zero-order chi connectivity index (χ0) is 18.7. The van der Waals surface area contributed by atoms with Crippen LogP contribution in [0.2, 0.25) is 0 Å². The van der Waals surface area contributed by atoms with Gasteiger partial charge in [-0.15, -0.1) is 0 Å². The second-order valence-corrected chi connectivity index (χ2v) is 8.80. The van der Waals surface area contributed by atoms with Crippen LogP contribution in [-0.4, -0.2) is 34.2 Å². The van der Waals surface area contributed by atoms with Crippen LogP contribution in [0, 0.1) is 5.82 Å². The van der Waals surface area contributed by atoms with Crippen molar-refractivity contribution in [3.05, 3.63) is 54.3 Å². The summed E-state index contributed by atoms with van der Waals surface area (Å²) >= 11 is 0. The Morgan fingerprint density at radius 3 is 2.12 bits per heavy atom. The Balaban J connectivity index is 2.37. The van der Waals surface area contributed by atoms with Gasteiger partial charge < -0.3 is 0 Å². The predicted molar refractivity (Wildman–Crippen MR) is 93.8 cm³/mol. The molecule has 0 heterocycles. The van der Waals surface area contributed by atoms with Crippen LogP contribution in [0.5, 0.6) is 0 Å². The largest absolute Gasteiger partial charge is 0.280 e. The average molecular weight is 386 g/mol. The molecule has 2 aromatic rings. The van der Waals surface area contributed by atoms with E-state index in [-0.39, 0.29) is 15.5 Å². The quantitative estimate of drug-likeness (QED) is 0.793. The van der Waals surface area contributed by atoms with Crippen LogP contribution >= 0.6 is 0 Å². The van der Waals surface area contributed by atoms with Crippen LogP contribution in [0.25, 0.3) is 0 Å². The lowest BCUT2D eigenvalue weighted by atomic mass is 10.3. The van der Waals surface area contributed by atoms with Crippen LogP contribution in [0.15, 0.2) is 58.3 Å². The number of nitrogens with zero attached hydrogens (tertiary/aromatic N) is 1. The molecule has 2 rings (SSSR count). The van der Waals surface area contributed by atoms with E-state index in [9.17, 15) is 21.2 Å². The van der Waals surface area contributed by atoms with E-state index in [0.717, 1.165) is 12.1 Å². The molecule has 0 atom stereocenters. The third-order valence-corrected chi connectivity index (χ3v) is 6.96. The van der Waals surface area contributed by atoms with Gasteiger partial charge in [0.15, 0.2) is 0 Å². The standard InChI is InChI=1S/C16H19FN2O4S2/c1-3-19(4-2)25(22,23)16-10-6-8-14(12-16)18-24(20,21)15-9-5-7-13(17)11-15/h5-12,18H,3-4H2,1-2H3. The highest BCUT2D eigenvalue weighted by Gasteiger charge is 2.22. The maximum Gasteiger partial charge on any atom is 0.261 e. The Kier molecular flexibility index (Phi) is 5.81. The minimum atomic E-state index is -4.03. The van der Waals surface area contributed by atoms with Crippen molar-refractivity contribution in [1.82, 2.24) is 4.31 Å². The molecule has 0 fully saturated rings. The Morgan fingerprint density at radius 1 is 0.920 bits per heavy atom. The number of nitrogens with one attached hydrogen (secondary N) is 1. The lowest BCUT2D eigenvalue weighted by Gasteiger charge is -2.19. The molecule has 1 N–H and O–H groups in total. The minimum Gasteiger partial charge on any atom is -0.280 e. The van der Waals surface area contributed by atoms with Gasteiger partial charge in [0.1, 0.15) is 5.82 Å². The molecule has 0 saturated carbocycles. The molecule has 0 amide bonds. The van der Waals surface area contributed by atoms with Crippen molar-refractivity contribution in [3.8, 4) is 0 Å². The molecule has 0 spiro atoms. The molecule has 2 aromatic carbocycles. The van der Waals surface area contributed by atoms with Crippen molar-refractivity contribution < 1.29 is 21.2 Å². The summed E-state index contributed by atoms with van der Waals surface area (Å²) in [6.07, 6.45) is 0. The Hall–Kier alpha value is -1.97. The van der Waals surface area contributed by atoms with Gasteiger partial charge in [0, 0.05) is 13.1 Å². The molecular formula is C16H19FN2O4S2. The van der Waals surface area contributed by atoms with Gasteiger partial charge in [0.05, 0.1) is 15.5 Å². The highest BCUT2D eigenvalue weighted by molar-refractivity contribution is 7.92. The van der Waals surface area contributed by atoms with Gasteiger partial charge in [-0.2, -0.15) is 4.31 Å². The fourth-order valence-electron chi connectivity index (χ4n) is 2.28. The normalized spacial score (nSPS) is 12.3. The zero-order valence-electron chi connectivity index (χ0n) is 13.8. The molecule has 0 aliphatic rings. The first-order valence-electron chi connectivity index (χ1n) is 7.59. The summed E-state index contributed by atoms with van der Waals surface area (Å²) in [4.78, 5) is -0.264. The number of hydrogen-bond donors (Lipinski definition) is 1. The summed E-state index contributed by atoms with van der Waals surface area (Å²) in [6.45, 7) is 4.05. The summed E-state index contributed by atoms with van der Waals surface area (Å²) in [7, 11) is -7.74. The third-order valence-electron chi connectivity index (χ3n) is 3.54. The molecule has 0 aromatic heterocycles. The molecule has 0 unspecified atom stereocenters. The number of halogens is 1. The number of anilines is 1. The molecule has 9 heteroatoms. The van der Waals surface area contributed by atoms with Crippen molar-refractivity contribution in [2.75, 3.05) is 17.8 Å². The molecule has 25 heavy (non-hydrogen) atoms. The first-order valence-corrected chi connectivity index (χ1v) is 10.5. The number of hydrogen-bond acceptors (Lipinski definition) is 4. The van der Waals surface area contributed by atoms with Crippen molar-refractivity contribution in [1.29, 1.82) is 0 Å². The summed E-state index contributed by atoms with van der Waals surface area (Å²) < 4.78 is 66.5. The van der Waals surface area contributed by atoms with E-state index in [2.05, 4.69) is 4.72 Å². The van der Waals surface area contributed by atoms with Crippen LogP contribution in [0.3, 0.4) is 0 Å². The van der Waals surface area contributed by atoms with Crippen LogP contribution < -0.4 is 4.72 Å². The van der Waals surface area contributed by atoms with E-state index in [0.29, 0.717) is 13.1 Å². The molecule has 136 valence electrons. The Labute approximate surface area is 147 Å². The van der Waals surface area contributed by atoms with Gasteiger partial charge in [-0.3, -0.25) is 4.72 Å². The topological polar surface area (TPSA) is 83.6 Å². The second kappa shape index (κ2) is 7.51. The van der Waals surface area contributed by atoms with Crippen LogP contribution in [-0.2, 0) is 20.0 Å². The van der Waals surface area contributed by atoms with Crippen LogP contribution in [0.4, 0.5) is 10.1 Å². The Bertz CT molecular complexity index is 956. The maximum atomic E-state index is 13.2. The lowest BCUT2D eigenvalue weighted by molar-refractivity contribution is 0.445. The molecule has 0 radical (unpaired) electrons. The molecule has 0 aliphatic heterocycles. The van der Waals surface area contributed by atoms with Crippen LogP contribution in [0.1, 0.15) is 13.8 Å². The number of rotatable bonds is 7. The zero-order valence-corrected chi connectivity index (χ0v) is 15.4. The molecule has 0 saturated heterocycles. The lowest BCUT2D eigenvalue weighted by Crippen LogP contribution is -2.30. The van der Waals surface area contributed by atoms with Gasteiger partial charge in [-0.25, -0.2) is 21.2 Å². The maximum absolute atomic E-state index is 13.2. The van der Waals surface area contributed by atoms with Crippen molar-refractivity contribution in [3.63, 3.8) is 0 Å². The van der Waals surface area contributed by atoms with E-state index in [1.165, 1.54) is 40.7 Å². The van der Waals surface area contributed by atoms with Crippen molar-refractivity contribution >= 4 is 25.7 Å². The molecule has 0 aliphatic carbocycles. The fraction of sp³-hybridized carbons (Fsp3) is 0.250. The molecule has 6 nitrogen and oxygen atoms in total. The highest BCUT2D eigenvalue weighted by Crippen LogP contribution is 2.22. The van der Waals surface area contributed by atoms with E-state index in [4.69, 9.17) is 0 Å². The summed E-state index contributed by atoms with van der Waals surface area (Å²) in [5.41, 5.74) is 0.0810. The highest BCUT2D eigenvalue weighted by atomic mass is 32.2. The number of benzene rings is 2. The molecular weight excluding hydrogens is 367 g/mol. The average Bonchev–Trinajstić information content (AvgIpc) is 2.55. The number of sulfonamides is 2. The first kappa shape index (κ1) is 19.4. The van der Waals surface area contributed by atoms with Gasteiger partial charge in [0.2, 0.25) is 10.0 Å². The second-order valence-electron chi connectivity index (χ2n) is 5.18. The van der Waals surface area contributed by atoms with Gasteiger partial charge in [-0.05, 0) is 36.4 Å². The van der Waals surface area contributed by atoms with E-state index in [1.54, 1.807) is 13.8 Å². The third kappa shape index (κ3) is 4.36. The van der Waals surface area contributed by atoms with E-state index in [1.807, 2.05) is 0 Å². The smallest absolute Gasteiger partial charge is 0.261 e. The monoisotopic (exact) mass is 386 g/mol. The van der Waals surface area contributed by atoms with Gasteiger partial charge >= 0.3 is 0 Å². The van der Waals surface area contributed by atoms with E-state index >= 15 is 0 Å². The first-order chi connectivity index (χ1) is 11.7. The van der Waals surface area contributed by atoms with Gasteiger partial charge in [-0.1, -0.05) is 26.0 Å². The van der Waals surface area contributed by atoms with Gasteiger partial charge in [0.25, 0.3) is 10.0 Å². The fourth-order valence-corrected chi connectivity index (χ4v) is 4.87. The minimum absolute atomic E-state index is 0.0179. The Morgan fingerprint density at radius 2 is 1.52 bits per heavy atom. The SMILES string of the molecule is CCN(CC)S(=O)(=O)c1cccc(NS(=O)(=O)c2cccc(F)c2)c1. The van der Waals surface area contributed by atoms with Crippen molar-refractivity contribution in [2.24, 2.45) is 0 Å². The summed E-state index contributed by atoms with van der Waals surface area (Å²) in [5, 5.41) is 0.